The molecule has 0 saturated heterocycles. The molecule has 2 aromatic carbocycles. The van der Waals surface area contributed by atoms with Crippen LogP contribution in [0.5, 0.6) is 5.75 Å². The van der Waals surface area contributed by atoms with Crippen molar-refractivity contribution in [2.45, 2.75) is 32.8 Å². The van der Waals surface area contributed by atoms with Crippen molar-refractivity contribution < 1.29 is 9.53 Å². The van der Waals surface area contributed by atoms with Crippen molar-refractivity contribution in [3.05, 3.63) is 58.4 Å². The molecule has 4 rings (SSSR count). The predicted molar refractivity (Wildman–Crippen MR) is 93.7 cm³/mol. The Balaban J connectivity index is 1.89. The van der Waals surface area contributed by atoms with Crippen molar-refractivity contribution in [1.82, 2.24) is 9.55 Å². The third-order valence-electron chi connectivity index (χ3n) is 5.07. The van der Waals surface area contributed by atoms with Gasteiger partial charge in [-0.25, -0.2) is 4.98 Å². The molecule has 0 amide bonds. The number of rotatable bonds is 2. The average molecular weight is 320 g/mol. The summed E-state index contributed by atoms with van der Waals surface area (Å²) >= 11 is 0. The number of fused-ring (bicyclic) bond motifs is 3. The van der Waals surface area contributed by atoms with Crippen LogP contribution in [0.4, 0.5) is 0 Å². The lowest BCUT2D eigenvalue weighted by molar-refractivity contribution is 0.111. The Morgan fingerprint density at radius 2 is 2.08 bits per heavy atom. The third-order valence-corrected chi connectivity index (χ3v) is 5.07. The van der Waals surface area contributed by atoms with E-state index in [0.717, 1.165) is 47.3 Å². The van der Waals surface area contributed by atoms with E-state index in [1.807, 2.05) is 36.7 Å². The molecule has 0 N–H and O–H groups in total. The molecule has 4 nitrogen and oxygen atoms in total. The van der Waals surface area contributed by atoms with E-state index in [1.165, 1.54) is 11.1 Å². The minimum absolute atomic E-state index is 0.00566. The maximum atomic E-state index is 11.6. The molecule has 4 heteroatoms. The number of aromatic nitrogens is 2. The lowest BCUT2D eigenvalue weighted by atomic mass is 9.92. The minimum atomic E-state index is 0.00566. The van der Waals surface area contributed by atoms with Gasteiger partial charge < -0.3 is 9.30 Å². The van der Waals surface area contributed by atoms with Crippen LogP contribution in [0, 0.1) is 13.8 Å². The van der Waals surface area contributed by atoms with E-state index in [2.05, 4.69) is 24.0 Å². The summed E-state index contributed by atoms with van der Waals surface area (Å²) in [4.78, 5) is 16.2. The molecule has 0 aliphatic carbocycles. The van der Waals surface area contributed by atoms with E-state index >= 15 is 0 Å². The van der Waals surface area contributed by atoms with Crippen molar-refractivity contribution in [3.8, 4) is 5.75 Å². The summed E-state index contributed by atoms with van der Waals surface area (Å²) < 4.78 is 8.39. The first-order chi connectivity index (χ1) is 11.6. The smallest absolute Gasteiger partial charge is 0.151 e. The summed E-state index contributed by atoms with van der Waals surface area (Å²) in [6.45, 7) is 4.07. The topological polar surface area (TPSA) is 44.1 Å². The Morgan fingerprint density at radius 3 is 2.83 bits per heavy atom. The van der Waals surface area contributed by atoms with Gasteiger partial charge in [0.25, 0.3) is 0 Å². The van der Waals surface area contributed by atoms with Gasteiger partial charge in [-0.1, -0.05) is 24.3 Å². The Morgan fingerprint density at radius 1 is 1.29 bits per heavy atom. The number of aldehydes is 1. The number of benzene rings is 2. The SMILES string of the molecule is Cc1ccccc1[C@@H]1CCc2c(C=O)cc3c(nc(C)n3C)c2O1. The fourth-order valence-electron chi connectivity index (χ4n) is 3.60. The van der Waals surface area contributed by atoms with E-state index in [4.69, 9.17) is 4.74 Å². The number of imidazole rings is 1. The molecule has 2 heterocycles. The second-order valence-corrected chi connectivity index (χ2v) is 6.48. The molecule has 0 bridgehead atoms. The van der Waals surface area contributed by atoms with Crippen LogP contribution >= 0.6 is 0 Å². The molecule has 1 atom stereocenters. The average Bonchev–Trinajstić information content (AvgIpc) is 2.89. The number of carbonyl (C=O) groups excluding carboxylic acids is 1. The largest absolute Gasteiger partial charge is 0.483 e. The first kappa shape index (κ1) is 14.9. The molecule has 0 fully saturated rings. The number of ether oxygens (including phenoxy) is 1. The van der Waals surface area contributed by atoms with Crippen LogP contribution in [0.25, 0.3) is 11.0 Å². The quantitative estimate of drug-likeness (QED) is 0.669. The van der Waals surface area contributed by atoms with Crippen molar-refractivity contribution in [1.29, 1.82) is 0 Å². The van der Waals surface area contributed by atoms with Gasteiger partial charge in [0, 0.05) is 18.2 Å². The van der Waals surface area contributed by atoms with Crippen LogP contribution in [0.2, 0.25) is 0 Å². The number of hydrogen-bond acceptors (Lipinski definition) is 3. The van der Waals surface area contributed by atoms with Crippen molar-refractivity contribution in [2.75, 3.05) is 0 Å². The highest BCUT2D eigenvalue weighted by atomic mass is 16.5. The molecule has 0 unspecified atom stereocenters. The van der Waals surface area contributed by atoms with Crippen LogP contribution in [-0.4, -0.2) is 15.8 Å². The molecule has 3 aromatic rings. The fraction of sp³-hybridized carbons (Fsp3) is 0.300. The lowest BCUT2D eigenvalue weighted by Crippen LogP contribution is -2.17. The summed E-state index contributed by atoms with van der Waals surface area (Å²) in [6, 6.07) is 10.2. The van der Waals surface area contributed by atoms with Crippen LogP contribution in [-0.2, 0) is 13.5 Å². The zero-order valence-corrected chi connectivity index (χ0v) is 14.2. The van der Waals surface area contributed by atoms with Gasteiger partial charge in [0.1, 0.15) is 17.4 Å². The molecule has 0 radical (unpaired) electrons. The zero-order valence-electron chi connectivity index (χ0n) is 14.2. The van der Waals surface area contributed by atoms with Crippen molar-refractivity contribution >= 4 is 17.3 Å². The van der Waals surface area contributed by atoms with Crippen LogP contribution in [0.1, 0.15) is 45.4 Å². The normalized spacial score (nSPS) is 16.7. The van der Waals surface area contributed by atoms with E-state index in [9.17, 15) is 4.79 Å². The van der Waals surface area contributed by atoms with Gasteiger partial charge in [0.2, 0.25) is 0 Å². The summed E-state index contributed by atoms with van der Waals surface area (Å²) in [7, 11) is 1.97. The molecular formula is C20H20N2O2. The molecule has 0 spiro atoms. The van der Waals surface area contributed by atoms with Gasteiger partial charge >= 0.3 is 0 Å². The predicted octanol–water partition coefficient (Wildman–Crippen LogP) is 4.07. The third kappa shape index (κ3) is 2.13. The van der Waals surface area contributed by atoms with Gasteiger partial charge in [-0.2, -0.15) is 0 Å². The molecule has 1 aromatic heterocycles. The minimum Gasteiger partial charge on any atom is -0.483 e. The van der Waals surface area contributed by atoms with Gasteiger partial charge in [-0.05, 0) is 43.9 Å². The summed E-state index contributed by atoms with van der Waals surface area (Å²) in [6.07, 6.45) is 2.63. The highest BCUT2D eigenvalue weighted by molar-refractivity contribution is 5.92. The Labute approximate surface area is 141 Å². The van der Waals surface area contributed by atoms with E-state index < -0.39 is 0 Å². The standard InChI is InChI=1S/C20H20N2O2/c1-12-6-4-5-7-15(12)18-9-8-16-14(11-23)10-17-19(20(16)24-18)21-13(2)22(17)3/h4-7,10-11,18H,8-9H2,1-3H3/t18-/m0/s1. The van der Waals surface area contributed by atoms with E-state index in [0.29, 0.717) is 5.56 Å². The second-order valence-electron chi connectivity index (χ2n) is 6.48. The summed E-state index contributed by atoms with van der Waals surface area (Å²) in [5, 5.41) is 0. The van der Waals surface area contributed by atoms with E-state index in [-0.39, 0.29) is 6.10 Å². The monoisotopic (exact) mass is 320 g/mol. The van der Waals surface area contributed by atoms with Gasteiger partial charge in [0.05, 0.1) is 5.52 Å². The molecular weight excluding hydrogens is 300 g/mol. The van der Waals surface area contributed by atoms with Crippen LogP contribution in [0.3, 0.4) is 0 Å². The number of carbonyl (C=O) groups is 1. The number of aryl methyl sites for hydroxylation is 3. The summed E-state index contributed by atoms with van der Waals surface area (Å²) in [5.74, 6) is 1.69. The lowest BCUT2D eigenvalue weighted by Gasteiger charge is -2.28. The van der Waals surface area contributed by atoms with Gasteiger partial charge in [0.15, 0.2) is 12.0 Å². The first-order valence-corrected chi connectivity index (χ1v) is 8.26. The van der Waals surface area contributed by atoms with Crippen molar-refractivity contribution in [3.63, 3.8) is 0 Å². The van der Waals surface area contributed by atoms with Gasteiger partial charge in [-0.3, -0.25) is 4.79 Å². The van der Waals surface area contributed by atoms with Crippen molar-refractivity contribution in [2.24, 2.45) is 7.05 Å². The zero-order chi connectivity index (χ0) is 16.8. The number of nitrogens with zero attached hydrogens (tertiary/aromatic N) is 2. The van der Waals surface area contributed by atoms with Gasteiger partial charge in [-0.15, -0.1) is 0 Å². The highest BCUT2D eigenvalue weighted by Gasteiger charge is 2.28. The van der Waals surface area contributed by atoms with Crippen LogP contribution < -0.4 is 4.74 Å². The molecule has 1 aliphatic rings. The maximum Gasteiger partial charge on any atom is 0.151 e. The molecule has 0 saturated carbocycles. The Hall–Kier alpha value is -2.62. The second kappa shape index (κ2) is 5.48. The first-order valence-electron chi connectivity index (χ1n) is 8.26. The Bertz CT molecular complexity index is 956. The highest BCUT2D eigenvalue weighted by Crippen LogP contribution is 2.41. The van der Waals surface area contributed by atoms with Crippen LogP contribution in [0.15, 0.2) is 30.3 Å². The Kier molecular flexibility index (Phi) is 3.41. The maximum absolute atomic E-state index is 11.6. The molecule has 1 aliphatic heterocycles. The fourth-order valence-corrected chi connectivity index (χ4v) is 3.60. The molecule has 122 valence electrons. The molecule has 24 heavy (non-hydrogen) atoms. The van der Waals surface area contributed by atoms with E-state index in [1.54, 1.807) is 0 Å². The summed E-state index contributed by atoms with van der Waals surface area (Å²) in [5.41, 5.74) is 5.93. The number of hydrogen-bond donors (Lipinski definition) is 0.